The number of hydrogen-bond acceptors (Lipinski definition) is 1. The van der Waals surface area contributed by atoms with Crippen molar-refractivity contribution in [3.05, 3.63) is 69.2 Å². The van der Waals surface area contributed by atoms with Crippen molar-refractivity contribution in [3.63, 3.8) is 0 Å². The van der Waals surface area contributed by atoms with Crippen molar-refractivity contribution in [1.29, 1.82) is 0 Å². The predicted octanol–water partition coefficient (Wildman–Crippen LogP) is 4.30. The zero-order valence-electron chi connectivity index (χ0n) is 10.7. The van der Waals surface area contributed by atoms with E-state index in [1.165, 1.54) is 18.2 Å². The van der Waals surface area contributed by atoms with Gasteiger partial charge in [0.1, 0.15) is 5.82 Å². The highest BCUT2D eigenvalue weighted by atomic mass is 35.5. The third-order valence-corrected chi connectivity index (χ3v) is 3.69. The van der Waals surface area contributed by atoms with Gasteiger partial charge < -0.3 is 4.98 Å². The van der Waals surface area contributed by atoms with Crippen LogP contribution in [-0.4, -0.2) is 4.98 Å². The summed E-state index contributed by atoms with van der Waals surface area (Å²) in [5.41, 5.74) is 2.40. The maximum atomic E-state index is 13.1. The lowest BCUT2D eigenvalue weighted by Crippen LogP contribution is -2.11. The normalized spacial score (nSPS) is 10.9. The molecule has 2 nitrogen and oxygen atoms in total. The second-order valence-corrected chi connectivity index (χ2v) is 5.03. The molecule has 0 radical (unpaired) electrons. The Morgan fingerprint density at radius 2 is 1.90 bits per heavy atom. The molecule has 3 rings (SSSR count). The second kappa shape index (κ2) is 4.76. The molecule has 0 aliphatic heterocycles. The third-order valence-electron chi connectivity index (χ3n) is 3.38. The van der Waals surface area contributed by atoms with E-state index >= 15 is 0 Å². The maximum Gasteiger partial charge on any atom is 0.256 e. The highest BCUT2D eigenvalue weighted by Crippen LogP contribution is 2.30. The number of benzene rings is 2. The number of fused-ring (bicyclic) bond motifs is 1. The van der Waals surface area contributed by atoms with Gasteiger partial charge in [-0.3, -0.25) is 4.79 Å². The number of rotatable bonds is 1. The zero-order valence-corrected chi connectivity index (χ0v) is 11.5. The first-order valence-electron chi connectivity index (χ1n) is 6.15. The van der Waals surface area contributed by atoms with Crippen molar-refractivity contribution in [2.75, 3.05) is 0 Å². The summed E-state index contributed by atoms with van der Waals surface area (Å²) in [6.07, 6.45) is 0. The van der Waals surface area contributed by atoms with Gasteiger partial charge in [0.05, 0.1) is 10.6 Å². The molecule has 2 aromatic carbocycles. The molecule has 20 heavy (non-hydrogen) atoms. The van der Waals surface area contributed by atoms with Crippen molar-refractivity contribution in [2.24, 2.45) is 0 Å². The van der Waals surface area contributed by atoms with Crippen LogP contribution in [0.1, 0.15) is 5.56 Å². The molecule has 0 saturated carbocycles. The minimum atomic E-state index is -0.423. The maximum absolute atomic E-state index is 13.1. The predicted molar refractivity (Wildman–Crippen MR) is 79.7 cm³/mol. The van der Waals surface area contributed by atoms with E-state index in [1.807, 2.05) is 31.2 Å². The first-order chi connectivity index (χ1) is 9.58. The van der Waals surface area contributed by atoms with Crippen molar-refractivity contribution < 1.29 is 4.39 Å². The van der Waals surface area contributed by atoms with Gasteiger partial charge in [-0.2, -0.15) is 0 Å². The van der Waals surface area contributed by atoms with E-state index in [0.29, 0.717) is 11.1 Å². The summed E-state index contributed by atoms with van der Waals surface area (Å²) in [6.45, 7) is 1.87. The molecule has 0 unspecified atom stereocenters. The Morgan fingerprint density at radius 3 is 2.65 bits per heavy atom. The van der Waals surface area contributed by atoms with Crippen LogP contribution in [0.15, 0.2) is 47.3 Å². The summed E-state index contributed by atoms with van der Waals surface area (Å²) in [5.74, 6) is -0.423. The van der Waals surface area contributed by atoms with Crippen LogP contribution in [0.3, 0.4) is 0 Å². The van der Waals surface area contributed by atoms with Crippen molar-refractivity contribution >= 4 is 22.5 Å². The molecule has 0 amide bonds. The SMILES string of the molecule is Cc1c(-c2ccc(F)cc2Cl)c(=O)[nH]c2ccccc12. The van der Waals surface area contributed by atoms with Crippen molar-refractivity contribution in [3.8, 4) is 11.1 Å². The highest BCUT2D eigenvalue weighted by Gasteiger charge is 2.14. The summed E-state index contributed by atoms with van der Waals surface area (Å²) in [4.78, 5) is 15.1. The molecular weight excluding hydrogens is 277 g/mol. The summed E-state index contributed by atoms with van der Waals surface area (Å²) in [5, 5.41) is 1.18. The van der Waals surface area contributed by atoms with Gasteiger partial charge in [-0.25, -0.2) is 4.39 Å². The number of H-pyrrole nitrogens is 1. The average molecular weight is 288 g/mol. The molecule has 1 heterocycles. The third kappa shape index (κ3) is 2.00. The van der Waals surface area contributed by atoms with E-state index in [-0.39, 0.29) is 10.6 Å². The van der Waals surface area contributed by atoms with Crippen LogP contribution in [0, 0.1) is 12.7 Å². The van der Waals surface area contributed by atoms with E-state index < -0.39 is 5.82 Å². The number of hydrogen-bond donors (Lipinski definition) is 1. The lowest BCUT2D eigenvalue weighted by Gasteiger charge is -2.10. The lowest BCUT2D eigenvalue weighted by molar-refractivity contribution is 0.628. The Balaban J connectivity index is 2.39. The van der Waals surface area contributed by atoms with Crippen LogP contribution in [0.5, 0.6) is 0 Å². The molecule has 0 bridgehead atoms. The van der Waals surface area contributed by atoms with Gasteiger partial charge in [0.25, 0.3) is 5.56 Å². The number of pyridine rings is 1. The van der Waals surface area contributed by atoms with E-state index in [2.05, 4.69) is 4.98 Å². The van der Waals surface area contributed by atoms with E-state index in [4.69, 9.17) is 11.6 Å². The fraction of sp³-hybridized carbons (Fsp3) is 0.0625. The van der Waals surface area contributed by atoms with E-state index in [1.54, 1.807) is 0 Å². The molecule has 1 N–H and O–H groups in total. The standard InChI is InChI=1S/C16H11ClFNO/c1-9-11-4-2-3-5-14(11)19-16(20)15(9)12-7-6-10(18)8-13(12)17/h2-8H,1H3,(H,19,20). The van der Waals surface area contributed by atoms with Crippen molar-refractivity contribution in [1.82, 2.24) is 4.98 Å². The Hall–Kier alpha value is -2.13. The number of nitrogens with one attached hydrogen (secondary N) is 1. The molecule has 0 aliphatic carbocycles. The Morgan fingerprint density at radius 1 is 1.15 bits per heavy atom. The Labute approximate surface area is 119 Å². The van der Waals surface area contributed by atoms with Gasteiger partial charge in [-0.1, -0.05) is 29.8 Å². The summed E-state index contributed by atoms with van der Waals surface area (Å²) < 4.78 is 13.1. The van der Waals surface area contributed by atoms with Crippen LogP contribution in [0.2, 0.25) is 5.02 Å². The summed E-state index contributed by atoms with van der Waals surface area (Å²) >= 11 is 6.07. The fourth-order valence-electron chi connectivity index (χ4n) is 2.43. The average Bonchev–Trinajstić information content (AvgIpc) is 2.41. The number of aromatic nitrogens is 1. The zero-order chi connectivity index (χ0) is 14.3. The van der Waals surface area contributed by atoms with Crippen LogP contribution >= 0.6 is 11.6 Å². The second-order valence-electron chi connectivity index (χ2n) is 4.62. The van der Waals surface area contributed by atoms with Crippen LogP contribution in [-0.2, 0) is 0 Å². The molecule has 100 valence electrons. The number of para-hydroxylation sites is 1. The van der Waals surface area contributed by atoms with Crippen molar-refractivity contribution in [2.45, 2.75) is 6.92 Å². The smallest absolute Gasteiger partial charge is 0.256 e. The summed E-state index contributed by atoms with van der Waals surface area (Å²) in [6, 6.07) is 11.6. The van der Waals surface area contributed by atoms with Gasteiger partial charge in [0, 0.05) is 16.5 Å². The molecule has 3 aromatic rings. The molecule has 4 heteroatoms. The molecule has 0 aliphatic rings. The quantitative estimate of drug-likeness (QED) is 0.711. The van der Waals surface area contributed by atoms with Gasteiger partial charge in [-0.15, -0.1) is 0 Å². The van der Waals surface area contributed by atoms with Crippen LogP contribution in [0.25, 0.3) is 22.0 Å². The van der Waals surface area contributed by atoms with Gasteiger partial charge >= 0.3 is 0 Å². The minimum Gasteiger partial charge on any atom is -0.321 e. The van der Waals surface area contributed by atoms with E-state index in [0.717, 1.165) is 16.5 Å². The topological polar surface area (TPSA) is 32.9 Å². The van der Waals surface area contributed by atoms with Gasteiger partial charge in [0.2, 0.25) is 0 Å². The van der Waals surface area contributed by atoms with Gasteiger partial charge in [0.15, 0.2) is 0 Å². The number of aryl methyl sites for hydroxylation is 1. The Bertz CT molecular complexity index is 870. The number of aromatic amines is 1. The first-order valence-corrected chi connectivity index (χ1v) is 6.53. The molecule has 0 saturated heterocycles. The fourth-order valence-corrected chi connectivity index (χ4v) is 2.69. The molecular formula is C16H11ClFNO. The largest absolute Gasteiger partial charge is 0.321 e. The lowest BCUT2D eigenvalue weighted by atomic mass is 9.98. The monoisotopic (exact) mass is 287 g/mol. The van der Waals surface area contributed by atoms with E-state index in [9.17, 15) is 9.18 Å². The number of halogens is 2. The van der Waals surface area contributed by atoms with Crippen LogP contribution in [0.4, 0.5) is 4.39 Å². The Kier molecular flexibility index (Phi) is 3.07. The molecule has 0 spiro atoms. The van der Waals surface area contributed by atoms with Gasteiger partial charge in [-0.05, 0) is 36.8 Å². The summed E-state index contributed by atoms with van der Waals surface area (Å²) in [7, 11) is 0. The minimum absolute atomic E-state index is 0.227. The molecule has 0 atom stereocenters. The molecule has 0 fully saturated rings. The van der Waals surface area contributed by atoms with Crippen LogP contribution < -0.4 is 5.56 Å². The molecule has 1 aromatic heterocycles. The highest BCUT2D eigenvalue weighted by molar-refractivity contribution is 6.33. The first kappa shape index (κ1) is 12.9.